The van der Waals surface area contributed by atoms with Crippen LogP contribution in [0, 0.1) is 17.1 Å². The summed E-state index contributed by atoms with van der Waals surface area (Å²) in [6, 6.07) is 8.42. The summed E-state index contributed by atoms with van der Waals surface area (Å²) in [5.74, 6) is 3.59. The van der Waals surface area contributed by atoms with Gasteiger partial charge in [-0.05, 0) is 24.5 Å². The summed E-state index contributed by atoms with van der Waals surface area (Å²) in [5.41, 5.74) is 0. The predicted octanol–water partition coefficient (Wildman–Crippen LogP) is 3.78. The Morgan fingerprint density at radius 2 is 1.74 bits per heavy atom. The lowest BCUT2D eigenvalue weighted by atomic mass is 9.86. The van der Waals surface area contributed by atoms with Crippen molar-refractivity contribution < 1.29 is 8.42 Å². The van der Waals surface area contributed by atoms with Crippen molar-refractivity contribution >= 4 is 9.84 Å². The van der Waals surface area contributed by atoms with Crippen LogP contribution in [0.15, 0.2) is 35.2 Å². The average Bonchev–Trinajstić information content (AvgIpc) is 2.46. The quantitative estimate of drug-likeness (QED) is 0.622. The molecule has 0 amide bonds. The Hall–Kier alpha value is -1.27. The molecule has 0 aliphatic heterocycles. The van der Waals surface area contributed by atoms with E-state index in [2.05, 4.69) is 11.2 Å². The summed E-state index contributed by atoms with van der Waals surface area (Å²) in [6.07, 6.45) is 8.29. The lowest BCUT2D eigenvalue weighted by molar-refractivity contribution is 0.342. The van der Waals surface area contributed by atoms with Crippen LogP contribution in [0.25, 0.3) is 0 Å². The monoisotopic (exact) mass is 276 g/mol. The van der Waals surface area contributed by atoms with Crippen molar-refractivity contribution in [3.8, 4) is 11.2 Å². The zero-order valence-electron chi connectivity index (χ0n) is 11.1. The fourth-order valence-corrected chi connectivity index (χ4v) is 3.48. The van der Waals surface area contributed by atoms with Crippen LogP contribution in [0.3, 0.4) is 0 Å². The van der Waals surface area contributed by atoms with E-state index in [4.69, 9.17) is 0 Å². The lowest BCUT2D eigenvalue weighted by Gasteiger charge is -2.20. The molecule has 0 N–H and O–H groups in total. The van der Waals surface area contributed by atoms with Gasteiger partial charge in [0.05, 0.1) is 4.90 Å². The van der Waals surface area contributed by atoms with Gasteiger partial charge in [-0.25, -0.2) is 8.42 Å². The standard InChI is InChI=1S/C16H20O2S/c17-19(18,16-12-5-2-6-13-16)14-8-7-11-15-9-3-1-4-10-15/h2,5-6,12-13,15H,1,3-4,7,9-11H2. The molecule has 0 unspecified atom stereocenters. The summed E-state index contributed by atoms with van der Waals surface area (Å²) >= 11 is 0. The first-order chi connectivity index (χ1) is 9.18. The summed E-state index contributed by atoms with van der Waals surface area (Å²) < 4.78 is 23.8. The van der Waals surface area contributed by atoms with Gasteiger partial charge in [-0.1, -0.05) is 56.2 Å². The maximum absolute atomic E-state index is 11.9. The first-order valence-electron chi connectivity index (χ1n) is 6.98. The second-order valence-corrected chi connectivity index (χ2v) is 6.82. The van der Waals surface area contributed by atoms with Crippen molar-refractivity contribution in [1.82, 2.24) is 0 Å². The molecule has 1 aliphatic carbocycles. The summed E-state index contributed by atoms with van der Waals surface area (Å²) in [5, 5.41) is 2.44. The molecule has 2 rings (SSSR count). The second kappa shape index (κ2) is 6.77. The molecule has 1 saturated carbocycles. The minimum absolute atomic E-state index is 0.292. The molecule has 0 atom stereocenters. The summed E-state index contributed by atoms with van der Waals surface area (Å²) in [7, 11) is -3.42. The Morgan fingerprint density at radius 1 is 1.05 bits per heavy atom. The molecule has 1 aliphatic rings. The highest BCUT2D eigenvalue weighted by Gasteiger charge is 2.12. The Morgan fingerprint density at radius 3 is 2.42 bits per heavy atom. The highest BCUT2D eigenvalue weighted by atomic mass is 32.2. The van der Waals surface area contributed by atoms with Gasteiger partial charge in [0.25, 0.3) is 0 Å². The third kappa shape index (κ3) is 4.40. The number of rotatable bonds is 3. The van der Waals surface area contributed by atoms with E-state index >= 15 is 0 Å². The fourth-order valence-electron chi connectivity index (χ4n) is 2.56. The Kier molecular flexibility index (Phi) is 5.04. The topological polar surface area (TPSA) is 34.1 Å². The van der Waals surface area contributed by atoms with E-state index in [1.54, 1.807) is 30.3 Å². The zero-order chi connectivity index (χ0) is 13.6. The van der Waals surface area contributed by atoms with Gasteiger partial charge in [-0.3, -0.25) is 0 Å². The van der Waals surface area contributed by atoms with Gasteiger partial charge in [0, 0.05) is 11.7 Å². The summed E-state index contributed by atoms with van der Waals surface area (Å²) in [6.45, 7) is 0. The van der Waals surface area contributed by atoms with Crippen molar-refractivity contribution in [2.24, 2.45) is 5.92 Å². The van der Waals surface area contributed by atoms with Crippen LogP contribution in [-0.4, -0.2) is 8.42 Å². The van der Waals surface area contributed by atoms with E-state index in [9.17, 15) is 8.42 Å². The van der Waals surface area contributed by atoms with Gasteiger partial charge < -0.3 is 0 Å². The van der Waals surface area contributed by atoms with E-state index in [1.165, 1.54) is 32.1 Å². The van der Waals surface area contributed by atoms with E-state index in [1.807, 2.05) is 0 Å². The highest BCUT2D eigenvalue weighted by molar-refractivity contribution is 7.96. The van der Waals surface area contributed by atoms with Gasteiger partial charge >= 0.3 is 0 Å². The van der Waals surface area contributed by atoms with Crippen LogP contribution in [0.5, 0.6) is 0 Å². The first-order valence-corrected chi connectivity index (χ1v) is 8.46. The first kappa shape index (κ1) is 14.1. The maximum Gasteiger partial charge on any atom is 0.245 e. The lowest BCUT2D eigenvalue weighted by Crippen LogP contribution is -2.05. The molecule has 0 bridgehead atoms. The Bertz CT molecular complexity index is 543. The number of benzene rings is 1. The largest absolute Gasteiger partial charge is 0.245 e. The Balaban J connectivity index is 1.89. The SMILES string of the molecule is O=S(=O)(C#CCCC1CCCCC1)c1ccccc1. The number of sulfone groups is 1. The molecule has 0 aromatic heterocycles. The molecular weight excluding hydrogens is 256 g/mol. The molecule has 0 radical (unpaired) electrons. The van der Waals surface area contributed by atoms with Crippen LogP contribution < -0.4 is 0 Å². The van der Waals surface area contributed by atoms with Gasteiger partial charge in [-0.2, -0.15) is 0 Å². The molecule has 1 fully saturated rings. The third-order valence-corrected chi connectivity index (χ3v) is 4.97. The van der Waals surface area contributed by atoms with Crippen LogP contribution in [0.4, 0.5) is 0 Å². The fraction of sp³-hybridized carbons (Fsp3) is 0.500. The zero-order valence-corrected chi connectivity index (χ0v) is 12.0. The molecule has 3 heteroatoms. The molecule has 19 heavy (non-hydrogen) atoms. The van der Waals surface area contributed by atoms with E-state index in [-0.39, 0.29) is 0 Å². The normalized spacial score (nSPS) is 16.6. The van der Waals surface area contributed by atoms with E-state index in [0.29, 0.717) is 11.3 Å². The van der Waals surface area contributed by atoms with E-state index < -0.39 is 9.84 Å². The number of hydrogen-bond acceptors (Lipinski definition) is 2. The van der Waals surface area contributed by atoms with Crippen LogP contribution in [-0.2, 0) is 9.84 Å². The van der Waals surface area contributed by atoms with Crippen molar-refractivity contribution in [2.75, 3.05) is 0 Å². The molecule has 2 nitrogen and oxygen atoms in total. The predicted molar refractivity (Wildman–Crippen MR) is 77.2 cm³/mol. The number of hydrogen-bond donors (Lipinski definition) is 0. The van der Waals surface area contributed by atoms with Crippen LogP contribution in [0.1, 0.15) is 44.9 Å². The minimum atomic E-state index is -3.42. The molecule has 0 spiro atoms. The smallest absolute Gasteiger partial charge is 0.210 e. The van der Waals surface area contributed by atoms with Gasteiger partial charge in [0.1, 0.15) is 0 Å². The maximum atomic E-state index is 11.9. The van der Waals surface area contributed by atoms with E-state index in [0.717, 1.165) is 12.3 Å². The average molecular weight is 276 g/mol. The summed E-state index contributed by atoms with van der Waals surface area (Å²) in [4.78, 5) is 0.292. The molecule has 0 heterocycles. The van der Waals surface area contributed by atoms with Crippen molar-refractivity contribution in [2.45, 2.75) is 49.8 Å². The van der Waals surface area contributed by atoms with Gasteiger partial charge in [-0.15, -0.1) is 0 Å². The van der Waals surface area contributed by atoms with Crippen LogP contribution in [0.2, 0.25) is 0 Å². The molecular formula is C16H20O2S. The minimum Gasteiger partial charge on any atom is -0.210 e. The molecule has 0 saturated heterocycles. The molecule has 102 valence electrons. The highest BCUT2D eigenvalue weighted by Crippen LogP contribution is 2.26. The van der Waals surface area contributed by atoms with Crippen LogP contribution >= 0.6 is 0 Å². The molecule has 1 aromatic carbocycles. The third-order valence-electron chi connectivity index (χ3n) is 3.66. The van der Waals surface area contributed by atoms with Gasteiger partial charge in [0.15, 0.2) is 0 Å². The van der Waals surface area contributed by atoms with Crippen molar-refractivity contribution in [3.05, 3.63) is 30.3 Å². The van der Waals surface area contributed by atoms with Crippen molar-refractivity contribution in [1.29, 1.82) is 0 Å². The second-order valence-electron chi connectivity index (χ2n) is 5.14. The van der Waals surface area contributed by atoms with Gasteiger partial charge in [0.2, 0.25) is 9.84 Å². The molecule has 1 aromatic rings. The Labute approximate surface area is 116 Å². The van der Waals surface area contributed by atoms with Crippen molar-refractivity contribution in [3.63, 3.8) is 0 Å².